The minimum absolute atomic E-state index is 0.342. The minimum Gasteiger partial charge on any atom is -0.478 e. The second kappa shape index (κ2) is 7.58. The second-order valence-corrected chi connectivity index (χ2v) is 8.81. The van der Waals surface area contributed by atoms with Crippen LogP contribution in [-0.4, -0.2) is 40.0 Å². The van der Waals surface area contributed by atoms with E-state index in [1.807, 2.05) is 38.4 Å². The Morgan fingerprint density at radius 3 is 2.73 bits per heavy atom. The third-order valence-electron chi connectivity index (χ3n) is 5.26. The molecular formula is C22H20ClFN3O2S+. The molecule has 0 spiro atoms. The minimum atomic E-state index is -1.29. The number of halogens is 2. The van der Waals surface area contributed by atoms with Gasteiger partial charge in [-0.15, -0.1) is 0 Å². The van der Waals surface area contributed by atoms with Crippen LogP contribution in [0.1, 0.15) is 23.0 Å². The molecule has 0 saturated carbocycles. The SMILES string of the molecule is CC[N+]1(C)C=C(n2c(C)c(Sc3ccc(F)c(C(=O)O)c3)c3ccc(Cl)cc32)C=N1. The Morgan fingerprint density at radius 1 is 1.30 bits per heavy atom. The molecule has 0 amide bonds. The van der Waals surface area contributed by atoms with E-state index in [-0.39, 0.29) is 5.56 Å². The molecule has 0 aliphatic carbocycles. The maximum Gasteiger partial charge on any atom is 0.338 e. The Kier molecular flexibility index (Phi) is 5.22. The van der Waals surface area contributed by atoms with Crippen LogP contribution >= 0.6 is 23.4 Å². The summed E-state index contributed by atoms with van der Waals surface area (Å²) in [6.07, 6.45) is 3.94. The highest BCUT2D eigenvalue weighted by molar-refractivity contribution is 7.99. The molecule has 0 radical (unpaired) electrons. The van der Waals surface area contributed by atoms with Crippen molar-refractivity contribution >= 4 is 52.1 Å². The van der Waals surface area contributed by atoms with Crippen LogP contribution in [0.5, 0.6) is 0 Å². The lowest BCUT2D eigenvalue weighted by molar-refractivity contribution is -0.861. The third-order valence-corrected chi connectivity index (χ3v) is 6.70. The summed E-state index contributed by atoms with van der Waals surface area (Å²) in [7, 11) is 2.03. The molecule has 3 aromatic rings. The molecule has 0 bridgehead atoms. The van der Waals surface area contributed by atoms with E-state index in [0.717, 1.165) is 33.7 Å². The van der Waals surface area contributed by atoms with Crippen LogP contribution in [-0.2, 0) is 0 Å². The van der Waals surface area contributed by atoms with Crippen molar-refractivity contribution in [2.45, 2.75) is 23.6 Å². The molecule has 1 aromatic heterocycles. The molecule has 154 valence electrons. The highest BCUT2D eigenvalue weighted by Crippen LogP contribution is 2.41. The van der Waals surface area contributed by atoms with Gasteiger partial charge in [-0.05, 0) is 44.2 Å². The van der Waals surface area contributed by atoms with Gasteiger partial charge in [-0.25, -0.2) is 9.18 Å². The number of carbonyl (C=O) groups is 1. The van der Waals surface area contributed by atoms with Crippen molar-refractivity contribution in [1.29, 1.82) is 0 Å². The maximum atomic E-state index is 13.8. The van der Waals surface area contributed by atoms with Crippen LogP contribution < -0.4 is 0 Å². The first kappa shape index (κ1) is 20.7. The Bertz CT molecular complexity index is 1250. The molecule has 8 heteroatoms. The fourth-order valence-corrected chi connectivity index (χ4v) is 4.74. The number of hydrogen-bond acceptors (Lipinski definition) is 3. The molecule has 1 N–H and O–H groups in total. The predicted octanol–water partition coefficient (Wildman–Crippen LogP) is 5.86. The van der Waals surface area contributed by atoms with Crippen LogP contribution in [0.4, 0.5) is 4.39 Å². The van der Waals surface area contributed by atoms with Gasteiger partial charge in [-0.3, -0.25) is 0 Å². The smallest absolute Gasteiger partial charge is 0.338 e. The third kappa shape index (κ3) is 3.53. The van der Waals surface area contributed by atoms with Gasteiger partial charge in [0.25, 0.3) is 0 Å². The van der Waals surface area contributed by atoms with Crippen LogP contribution in [0.3, 0.4) is 0 Å². The van der Waals surface area contributed by atoms with Crippen molar-refractivity contribution in [3.8, 4) is 0 Å². The van der Waals surface area contributed by atoms with Crippen LogP contribution in [0.15, 0.2) is 57.5 Å². The summed E-state index contributed by atoms with van der Waals surface area (Å²) in [5.74, 6) is -2.04. The first-order valence-corrected chi connectivity index (χ1v) is 10.6. The Labute approximate surface area is 182 Å². The topological polar surface area (TPSA) is 54.6 Å². The van der Waals surface area contributed by atoms with Gasteiger partial charge >= 0.3 is 5.97 Å². The number of fused-ring (bicyclic) bond motifs is 1. The molecule has 0 saturated heterocycles. The predicted molar refractivity (Wildman–Crippen MR) is 119 cm³/mol. The standard InChI is InChI=1S/C22H19ClFN3O2S/c1-4-27(3)12-15(11-25-27)26-13(2)21(17-7-5-14(23)9-20(17)26)30-16-6-8-19(24)18(10-16)22(28)29/h5-12H,4H2,1-3H3/p+1. The zero-order chi connectivity index (χ0) is 21.6. The number of allylic oxidation sites excluding steroid dienone is 1. The lowest BCUT2D eigenvalue weighted by atomic mass is 10.2. The van der Waals surface area contributed by atoms with Crippen molar-refractivity contribution in [3.05, 3.63) is 64.7 Å². The number of nitrogens with zero attached hydrogens (tertiary/aromatic N) is 3. The summed E-state index contributed by atoms with van der Waals surface area (Å²) in [5.41, 5.74) is 2.51. The summed E-state index contributed by atoms with van der Waals surface area (Å²) in [5, 5.41) is 15.4. The summed E-state index contributed by atoms with van der Waals surface area (Å²) >= 11 is 7.70. The molecule has 2 heterocycles. The van der Waals surface area contributed by atoms with E-state index < -0.39 is 11.8 Å². The molecule has 1 aliphatic heterocycles. The fourth-order valence-electron chi connectivity index (χ4n) is 3.50. The van der Waals surface area contributed by atoms with Crippen LogP contribution in [0, 0.1) is 12.7 Å². The van der Waals surface area contributed by atoms with Gasteiger partial charge in [0.1, 0.15) is 30.5 Å². The van der Waals surface area contributed by atoms with E-state index >= 15 is 0 Å². The van der Waals surface area contributed by atoms with Crippen molar-refractivity contribution in [2.24, 2.45) is 5.10 Å². The Balaban J connectivity index is 1.88. The monoisotopic (exact) mass is 444 g/mol. The first-order chi connectivity index (χ1) is 14.2. The molecule has 1 unspecified atom stereocenters. The van der Waals surface area contributed by atoms with E-state index in [0.29, 0.717) is 14.5 Å². The van der Waals surface area contributed by atoms with Crippen molar-refractivity contribution < 1.29 is 18.9 Å². The second-order valence-electron chi connectivity index (χ2n) is 7.29. The number of carboxylic acid groups (broad SMARTS) is 1. The van der Waals surface area contributed by atoms with Gasteiger partial charge in [0.2, 0.25) is 0 Å². The van der Waals surface area contributed by atoms with E-state index in [1.165, 1.54) is 23.9 Å². The molecule has 1 atom stereocenters. The molecule has 2 aromatic carbocycles. The zero-order valence-corrected chi connectivity index (χ0v) is 18.3. The number of carboxylic acids is 1. The molecule has 1 aliphatic rings. The van der Waals surface area contributed by atoms with Gasteiger partial charge in [0.05, 0.1) is 18.1 Å². The number of hydrogen-bond donors (Lipinski definition) is 1. The number of aromatic nitrogens is 1. The summed E-state index contributed by atoms with van der Waals surface area (Å²) in [4.78, 5) is 12.9. The average molecular weight is 445 g/mol. The Hall–Kier alpha value is -2.61. The first-order valence-electron chi connectivity index (χ1n) is 9.38. The lowest BCUT2D eigenvalue weighted by Gasteiger charge is -2.17. The number of quaternary nitrogens is 1. The fraction of sp³-hybridized carbons (Fsp3) is 0.182. The number of benzene rings is 2. The normalized spacial score (nSPS) is 18.2. The van der Waals surface area contributed by atoms with Crippen molar-refractivity contribution in [3.63, 3.8) is 0 Å². The van der Waals surface area contributed by atoms with Gasteiger partial charge in [-0.1, -0.05) is 34.5 Å². The van der Waals surface area contributed by atoms with E-state index in [9.17, 15) is 14.3 Å². The Morgan fingerprint density at radius 2 is 2.07 bits per heavy atom. The molecular weight excluding hydrogens is 425 g/mol. The summed E-state index contributed by atoms with van der Waals surface area (Å²) in [6, 6.07) is 9.83. The van der Waals surface area contributed by atoms with Gasteiger partial charge in [-0.2, -0.15) is 4.59 Å². The van der Waals surface area contributed by atoms with E-state index in [4.69, 9.17) is 11.6 Å². The van der Waals surface area contributed by atoms with Crippen molar-refractivity contribution in [2.75, 3.05) is 13.6 Å². The molecule has 30 heavy (non-hydrogen) atoms. The summed E-state index contributed by atoms with van der Waals surface area (Å²) < 4.78 is 16.4. The number of aromatic carboxylic acids is 1. The maximum absolute atomic E-state index is 13.8. The zero-order valence-electron chi connectivity index (χ0n) is 16.7. The van der Waals surface area contributed by atoms with E-state index in [1.54, 1.807) is 6.07 Å². The summed E-state index contributed by atoms with van der Waals surface area (Å²) in [6.45, 7) is 4.90. The van der Waals surface area contributed by atoms with Crippen LogP contribution in [0.25, 0.3) is 16.6 Å². The van der Waals surface area contributed by atoms with Gasteiger partial charge < -0.3 is 9.67 Å². The van der Waals surface area contributed by atoms with Gasteiger partial charge in [0.15, 0.2) is 0 Å². The average Bonchev–Trinajstić information content (AvgIpc) is 3.21. The molecule has 0 fully saturated rings. The van der Waals surface area contributed by atoms with Crippen molar-refractivity contribution in [1.82, 2.24) is 4.57 Å². The quantitative estimate of drug-likeness (QED) is 0.502. The van der Waals surface area contributed by atoms with Crippen LogP contribution in [0.2, 0.25) is 5.02 Å². The number of rotatable bonds is 5. The van der Waals surface area contributed by atoms with E-state index in [2.05, 4.69) is 22.8 Å². The highest BCUT2D eigenvalue weighted by atomic mass is 35.5. The largest absolute Gasteiger partial charge is 0.478 e. The highest BCUT2D eigenvalue weighted by Gasteiger charge is 2.27. The molecule has 4 rings (SSSR count). The van der Waals surface area contributed by atoms with Gasteiger partial charge in [0, 0.05) is 25.9 Å². The lowest BCUT2D eigenvalue weighted by Crippen LogP contribution is -2.29. The molecule has 5 nitrogen and oxygen atoms in total.